The summed E-state index contributed by atoms with van der Waals surface area (Å²) in [5.41, 5.74) is 6.05. The van der Waals surface area contributed by atoms with Crippen molar-refractivity contribution in [2.45, 2.75) is 18.4 Å². The molecule has 0 saturated carbocycles. The molecule has 2 heterocycles. The van der Waals surface area contributed by atoms with Crippen molar-refractivity contribution in [2.24, 2.45) is 7.05 Å². The zero-order valence-corrected chi connectivity index (χ0v) is 18.4. The Bertz CT molecular complexity index is 1240. The number of fused-ring (bicyclic) bond motifs is 1. The van der Waals surface area contributed by atoms with Gasteiger partial charge in [-0.15, -0.1) is 0 Å². The standard InChI is InChI=1S/C23H25N3O3S/c1-5-30(27,28)19-8-9-23(29-4)21(11-19)22-15-25(2)13-17-7-6-16(10-20(17)22)18-12-24-26(3)14-18/h6-12,14-15H,5,13H2,1-4H3. The van der Waals surface area contributed by atoms with E-state index in [-0.39, 0.29) is 5.75 Å². The molecule has 0 radical (unpaired) electrons. The summed E-state index contributed by atoms with van der Waals surface area (Å²) < 4.78 is 32.4. The highest BCUT2D eigenvalue weighted by Crippen LogP contribution is 2.39. The molecule has 0 saturated heterocycles. The van der Waals surface area contributed by atoms with Gasteiger partial charge in [0.2, 0.25) is 0 Å². The van der Waals surface area contributed by atoms with Gasteiger partial charge in [0.25, 0.3) is 0 Å². The van der Waals surface area contributed by atoms with Crippen LogP contribution in [0.15, 0.2) is 59.9 Å². The zero-order valence-electron chi connectivity index (χ0n) is 17.6. The minimum absolute atomic E-state index is 0.0550. The lowest BCUT2D eigenvalue weighted by Crippen LogP contribution is -2.18. The van der Waals surface area contributed by atoms with E-state index < -0.39 is 9.84 Å². The molecule has 30 heavy (non-hydrogen) atoms. The molecule has 0 amide bonds. The lowest BCUT2D eigenvalue weighted by molar-refractivity contribution is 0.412. The van der Waals surface area contributed by atoms with Crippen LogP contribution in [0.4, 0.5) is 0 Å². The van der Waals surface area contributed by atoms with Crippen LogP contribution in [0, 0.1) is 0 Å². The Balaban J connectivity index is 1.91. The van der Waals surface area contributed by atoms with Crippen molar-refractivity contribution < 1.29 is 13.2 Å². The van der Waals surface area contributed by atoms with E-state index in [0.29, 0.717) is 10.6 Å². The molecule has 2 aromatic carbocycles. The van der Waals surface area contributed by atoms with Crippen LogP contribution < -0.4 is 4.74 Å². The van der Waals surface area contributed by atoms with E-state index in [2.05, 4.69) is 34.4 Å². The number of rotatable bonds is 5. The molecule has 1 aliphatic heterocycles. The van der Waals surface area contributed by atoms with Gasteiger partial charge in [0.1, 0.15) is 5.75 Å². The Hall–Kier alpha value is -3.06. The molecule has 0 spiro atoms. The Labute approximate surface area is 177 Å². The van der Waals surface area contributed by atoms with E-state index in [0.717, 1.165) is 34.4 Å². The first-order valence-electron chi connectivity index (χ1n) is 9.78. The lowest BCUT2D eigenvalue weighted by atomic mass is 9.89. The number of aromatic nitrogens is 2. The number of nitrogens with zero attached hydrogens (tertiary/aromatic N) is 3. The average molecular weight is 424 g/mol. The van der Waals surface area contributed by atoms with E-state index in [4.69, 9.17) is 4.74 Å². The maximum atomic E-state index is 12.5. The summed E-state index contributed by atoms with van der Waals surface area (Å²) in [5.74, 6) is 0.698. The molecule has 3 aromatic rings. The molecule has 156 valence electrons. The van der Waals surface area contributed by atoms with Gasteiger partial charge in [-0.25, -0.2) is 8.42 Å². The summed E-state index contributed by atoms with van der Waals surface area (Å²) in [6, 6.07) is 11.4. The van der Waals surface area contributed by atoms with Crippen LogP contribution >= 0.6 is 0 Å². The number of hydrogen-bond donors (Lipinski definition) is 0. The Morgan fingerprint density at radius 1 is 1.07 bits per heavy atom. The quantitative estimate of drug-likeness (QED) is 0.626. The molecular formula is C23H25N3O3S. The van der Waals surface area contributed by atoms with Crippen molar-refractivity contribution in [3.8, 4) is 16.9 Å². The molecule has 0 atom stereocenters. The van der Waals surface area contributed by atoms with Crippen molar-refractivity contribution in [1.29, 1.82) is 0 Å². The number of benzene rings is 2. The second kappa shape index (κ2) is 7.65. The van der Waals surface area contributed by atoms with Gasteiger partial charge < -0.3 is 9.64 Å². The Kier molecular flexibility index (Phi) is 5.15. The monoisotopic (exact) mass is 423 g/mol. The molecule has 6 nitrogen and oxygen atoms in total. The molecule has 0 N–H and O–H groups in total. The summed E-state index contributed by atoms with van der Waals surface area (Å²) in [6.45, 7) is 2.43. The van der Waals surface area contributed by atoms with Crippen LogP contribution in [0.5, 0.6) is 5.75 Å². The van der Waals surface area contributed by atoms with Crippen molar-refractivity contribution in [3.05, 3.63) is 71.7 Å². The first-order valence-corrected chi connectivity index (χ1v) is 11.4. The van der Waals surface area contributed by atoms with Crippen molar-refractivity contribution in [3.63, 3.8) is 0 Å². The van der Waals surface area contributed by atoms with Crippen molar-refractivity contribution >= 4 is 15.4 Å². The molecular weight excluding hydrogens is 398 g/mol. The average Bonchev–Trinajstić information content (AvgIpc) is 3.18. The highest BCUT2D eigenvalue weighted by atomic mass is 32.2. The fourth-order valence-electron chi connectivity index (χ4n) is 3.79. The molecule has 7 heteroatoms. The first-order chi connectivity index (χ1) is 14.3. The maximum Gasteiger partial charge on any atom is 0.178 e. The van der Waals surface area contributed by atoms with Gasteiger partial charge in [-0.05, 0) is 41.0 Å². The Morgan fingerprint density at radius 2 is 1.87 bits per heavy atom. The molecule has 0 unspecified atom stereocenters. The third-order valence-corrected chi connectivity index (χ3v) is 7.14. The van der Waals surface area contributed by atoms with Crippen LogP contribution in [-0.4, -0.2) is 43.0 Å². The largest absolute Gasteiger partial charge is 0.496 e. The highest BCUT2D eigenvalue weighted by molar-refractivity contribution is 7.91. The number of hydrogen-bond acceptors (Lipinski definition) is 5. The van der Waals surface area contributed by atoms with E-state index in [1.807, 2.05) is 26.5 Å². The van der Waals surface area contributed by atoms with Crippen LogP contribution in [0.25, 0.3) is 16.7 Å². The van der Waals surface area contributed by atoms with Crippen LogP contribution in [0.3, 0.4) is 0 Å². The minimum atomic E-state index is -3.33. The third-order valence-electron chi connectivity index (χ3n) is 5.41. The van der Waals surface area contributed by atoms with E-state index in [1.54, 1.807) is 36.9 Å². The van der Waals surface area contributed by atoms with Gasteiger partial charge in [-0.1, -0.05) is 19.1 Å². The fourth-order valence-corrected chi connectivity index (χ4v) is 4.70. The zero-order chi connectivity index (χ0) is 21.5. The highest BCUT2D eigenvalue weighted by Gasteiger charge is 2.23. The van der Waals surface area contributed by atoms with Crippen molar-refractivity contribution in [2.75, 3.05) is 19.9 Å². The van der Waals surface area contributed by atoms with Crippen LogP contribution in [0.1, 0.15) is 23.6 Å². The minimum Gasteiger partial charge on any atom is -0.496 e. The summed E-state index contributed by atoms with van der Waals surface area (Å²) in [5, 5.41) is 4.28. The first kappa shape index (κ1) is 20.2. The molecule has 0 bridgehead atoms. The van der Waals surface area contributed by atoms with Gasteiger partial charge in [0.15, 0.2) is 9.84 Å². The molecule has 1 aliphatic rings. The van der Waals surface area contributed by atoms with Gasteiger partial charge in [-0.2, -0.15) is 5.10 Å². The molecule has 0 aliphatic carbocycles. The SMILES string of the molecule is CCS(=O)(=O)c1ccc(OC)c(C2=CN(C)Cc3ccc(-c4cnn(C)c4)cc32)c1. The van der Waals surface area contributed by atoms with E-state index in [9.17, 15) is 8.42 Å². The number of sulfone groups is 1. The van der Waals surface area contributed by atoms with Crippen molar-refractivity contribution in [1.82, 2.24) is 14.7 Å². The van der Waals surface area contributed by atoms with Crippen LogP contribution in [0.2, 0.25) is 0 Å². The predicted octanol–water partition coefficient (Wildman–Crippen LogP) is 3.72. The Morgan fingerprint density at radius 3 is 2.53 bits per heavy atom. The van der Waals surface area contributed by atoms with Gasteiger partial charge in [-0.3, -0.25) is 4.68 Å². The number of aryl methyl sites for hydroxylation is 1. The molecule has 4 rings (SSSR count). The second-order valence-corrected chi connectivity index (χ2v) is 9.78. The predicted molar refractivity (Wildman–Crippen MR) is 118 cm³/mol. The van der Waals surface area contributed by atoms with Gasteiger partial charge in [0.05, 0.1) is 24.0 Å². The summed E-state index contributed by atoms with van der Waals surface area (Å²) in [7, 11) is 2.18. The fraction of sp³-hybridized carbons (Fsp3) is 0.261. The second-order valence-electron chi connectivity index (χ2n) is 7.50. The summed E-state index contributed by atoms with van der Waals surface area (Å²) >= 11 is 0. The molecule has 1 aromatic heterocycles. The van der Waals surface area contributed by atoms with Gasteiger partial charge in [0, 0.05) is 49.7 Å². The smallest absolute Gasteiger partial charge is 0.178 e. The lowest BCUT2D eigenvalue weighted by Gasteiger charge is -2.27. The van der Waals surface area contributed by atoms with E-state index >= 15 is 0 Å². The maximum absolute atomic E-state index is 12.5. The van der Waals surface area contributed by atoms with Crippen LogP contribution in [-0.2, 0) is 23.4 Å². The number of methoxy groups -OCH3 is 1. The van der Waals surface area contributed by atoms with E-state index in [1.165, 1.54) is 5.56 Å². The van der Waals surface area contributed by atoms with Gasteiger partial charge >= 0.3 is 0 Å². The summed E-state index contributed by atoms with van der Waals surface area (Å²) in [4.78, 5) is 2.40. The number of ether oxygens (including phenoxy) is 1. The molecule has 0 fully saturated rings. The topological polar surface area (TPSA) is 64.4 Å². The normalized spacial score (nSPS) is 13.7. The third kappa shape index (κ3) is 3.61. The summed E-state index contributed by atoms with van der Waals surface area (Å²) in [6.07, 6.45) is 5.87.